The van der Waals surface area contributed by atoms with E-state index in [1.54, 1.807) is 13.8 Å². The molecule has 0 amide bonds. The fraction of sp³-hybridized carbons (Fsp3) is 1.00. The Bertz CT molecular complexity index is 142. The number of nitrogens with zero attached hydrogens (tertiary/aromatic N) is 3. The minimum absolute atomic E-state index is 0. The van der Waals surface area contributed by atoms with E-state index in [0.29, 0.717) is 0 Å². The topological polar surface area (TPSA) is 82.1 Å². The van der Waals surface area contributed by atoms with E-state index in [-0.39, 0.29) is 53.7 Å². The summed E-state index contributed by atoms with van der Waals surface area (Å²) < 4.78 is 0. The predicted octanol–water partition coefficient (Wildman–Crippen LogP) is -0.425. The molecule has 0 aromatic carbocycles. The SMILES string of the molecule is CC(C)N(CCO)[N+]([O-])=NO.[Na]. The molecule has 67 valence electrons. The van der Waals surface area contributed by atoms with E-state index in [9.17, 15) is 5.21 Å². The molecule has 0 aromatic rings. The molecular weight excluding hydrogens is 173 g/mol. The number of aliphatic hydroxyl groups is 1. The van der Waals surface area contributed by atoms with Crippen molar-refractivity contribution in [3.63, 3.8) is 0 Å². The number of rotatable bonds is 4. The van der Waals surface area contributed by atoms with Crippen LogP contribution in [0.25, 0.3) is 0 Å². The van der Waals surface area contributed by atoms with Crippen LogP contribution in [0.2, 0.25) is 0 Å². The average molecular weight is 186 g/mol. The van der Waals surface area contributed by atoms with Crippen molar-refractivity contribution < 1.29 is 15.3 Å². The summed E-state index contributed by atoms with van der Waals surface area (Å²) in [5.74, 6) is 0. The Labute approximate surface area is 93.3 Å². The zero-order chi connectivity index (χ0) is 8.85. The molecule has 0 saturated carbocycles. The van der Waals surface area contributed by atoms with E-state index < -0.39 is 0 Å². The molecule has 12 heavy (non-hydrogen) atoms. The third-order valence-corrected chi connectivity index (χ3v) is 1.22. The largest absolute Gasteiger partial charge is 0.569 e. The van der Waals surface area contributed by atoms with E-state index in [0.717, 1.165) is 0 Å². The van der Waals surface area contributed by atoms with Crippen molar-refractivity contribution >= 4 is 29.6 Å². The van der Waals surface area contributed by atoms with Crippen LogP contribution in [-0.2, 0) is 0 Å². The summed E-state index contributed by atoms with van der Waals surface area (Å²) in [6.45, 7) is 3.52. The summed E-state index contributed by atoms with van der Waals surface area (Å²) in [7, 11) is 0. The van der Waals surface area contributed by atoms with Gasteiger partial charge in [-0.3, -0.25) is 0 Å². The van der Waals surface area contributed by atoms with E-state index in [2.05, 4.69) is 5.28 Å². The average Bonchev–Trinajstić information content (AvgIpc) is 1.98. The van der Waals surface area contributed by atoms with Gasteiger partial charge in [0.05, 0.1) is 17.6 Å². The molecule has 0 spiro atoms. The smallest absolute Gasteiger partial charge is 0.230 e. The molecule has 6 nitrogen and oxygen atoms in total. The predicted molar refractivity (Wildman–Crippen MR) is 42.5 cm³/mol. The van der Waals surface area contributed by atoms with Crippen molar-refractivity contribution in [3.8, 4) is 0 Å². The van der Waals surface area contributed by atoms with Gasteiger partial charge in [-0.05, 0) is 13.8 Å². The summed E-state index contributed by atoms with van der Waals surface area (Å²) in [5, 5.41) is 30.9. The zero-order valence-electron chi connectivity index (χ0n) is 7.64. The molecule has 7 heteroatoms. The number of aliphatic hydroxyl groups excluding tert-OH is 1. The van der Waals surface area contributed by atoms with Crippen LogP contribution in [0.4, 0.5) is 0 Å². The van der Waals surface area contributed by atoms with Crippen molar-refractivity contribution in [2.75, 3.05) is 13.2 Å². The van der Waals surface area contributed by atoms with Crippen molar-refractivity contribution in [2.45, 2.75) is 19.9 Å². The van der Waals surface area contributed by atoms with Gasteiger partial charge in [0.15, 0.2) is 0 Å². The summed E-state index contributed by atoms with van der Waals surface area (Å²) in [5.41, 5.74) is 0. The van der Waals surface area contributed by atoms with Crippen LogP contribution in [-0.4, -0.2) is 69.0 Å². The molecule has 0 rings (SSSR count). The van der Waals surface area contributed by atoms with E-state index >= 15 is 0 Å². The van der Waals surface area contributed by atoms with Crippen molar-refractivity contribution in [2.24, 2.45) is 5.28 Å². The molecule has 2 N–H and O–H groups in total. The van der Waals surface area contributed by atoms with Crippen LogP contribution in [0.15, 0.2) is 5.28 Å². The van der Waals surface area contributed by atoms with Crippen molar-refractivity contribution in [1.29, 1.82) is 0 Å². The fourth-order valence-corrected chi connectivity index (χ4v) is 0.695. The number of hydrazine groups is 1. The van der Waals surface area contributed by atoms with Gasteiger partial charge in [-0.2, -0.15) is 0 Å². The minimum atomic E-state index is -0.146. The Morgan fingerprint density at radius 3 is 2.33 bits per heavy atom. The van der Waals surface area contributed by atoms with Gasteiger partial charge in [-0.1, -0.05) is 0 Å². The molecule has 0 aliphatic carbocycles. The number of hydrogen-bond acceptors (Lipinski definition) is 3. The molecule has 0 bridgehead atoms. The van der Waals surface area contributed by atoms with Gasteiger partial charge in [0.1, 0.15) is 6.54 Å². The minimum Gasteiger partial charge on any atom is -0.569 e. The summed E-state index contributed by atoms with van der Waals surface area (Å²) in [4.78, 5) is 0.0564. The van der Waals surface area contributed by atoms with Crippen LogP contribution in [0, 0.1) is 5.21 Å². The van der Waals surface area contributed by atoms with Crippen LogP contribution >= 0.6 is 0 Å². The van der Waals surface area contributed by atoms with Gasteiger partial charge in [0.2, 0.25) is 5.28 Å². The van der Waals surface area contributed by atoms with Crippen molar-refractivity contribution in [3.05, 3.63) is 5.21 Å². The van der Waals surface area contributed by atoms with Gasteiger partial charge in [-0.15, -0.1) is 5.01 Å². The Morgan fingerprint density at radius 1 is 1.58 bits per heavy atom. The van der Waals surface area contributed by atoms with Gasteiger partial charge < -0.3 is 15.5 Å². The third kappa shape index (κ3) is 4.76. The molecular formula is C5H13N3NaO3. The normalized spacial score (nSPS) is 11.2. The number of hydrogen-bond donors (Lipinski definition) is 2. The van der Waals surface area contributed by atoms with E-state index in [4.69, 9.17) is 10.3 Å². The summed E-state index contributed by atoms with van der Waals surface area (Å²) in [6, 6.07) is -0.101. The first-order chi connectivity index (χ1) is 5.13. The van der Waals surface area contributed by atoms with E-state index in [1.165, 1.54) is 5.01 Å². The maximum Gasteiger partial charge on any atom is 0.230 e. The maximum absolute atomic E-state index is 10.7. The second-order valence-corrected chi connectivity index (χ2v) is 2.32. The maximum atomic E-state index is 10.7. The molecule has 1 radical (unpaired) electrons. The van der Waals surface area contributed by atoms with Gasteiger partial charge in [0, 0.05) is 29.6 Å². The first kappa shape index (κ1) is 14.5. The second kappa shape index (κ2) is 7.60. The standard InChI is InChI=1S/C5H13N3O3.Na/c1-5(2)7(3-4-9)8(11)6-10;/h5,9-10H,3-4H2,1-2H3;. The first-order valence-electron chi connectivity index (χ1n) is 3.33. The molecule has 0 heterocycles. The second-order valence-electron chi connectivity index (χ2n) is 2.32. The van der Waals surface area contributed by atoms with Crippen LogP contribution in [0.1, 0.15) is 13.8 Å². The molecule has 0 atom stereocenters. The molecule has 0 unspecified atom stereocenters. The van der Waals surface area contributed by atoms with Crippen molar-refractivity contribution in [1.82, 2.24) is 5.01 Å². The molecule has 0 aliphatic rings. The summed E-state index contributed by atoms with van der Waals surface area (Å²) >= 11 is 0. The molecule has 0 aliphatic heterocycles. The summed E-state index contributed by atoms with van der Waals surface area (Å²) in [6.07, 6.45) is 0. The Kier molecular flexibility index (Phi) is 9.17. The third-order valence-electron chi connectivity index (χ3n) is 1.22. The Hall–Kier alpha value is -0.0400. The van der Waals surface area contributed by atoms with E-state index in [1.807, 2.05) is 0 Å². The Balaban J connectivity index is 0. The fourth-order valence-electron chi connectivity index (χ4n) is 0.695. The van der Waals surface area contributed by atoms with Gasteiger partial charge >= 0.3 is 0 Å². The van der Waals surface area contributed by atoms with Gasteiger partial charge in [-0.25, -0.2) is 0 Å². The van der Waals surface area contributed by atoms with Crippen LogP contribution < -0.4 is 0 Å². The molecule has 0 fully saturated rings. The quantitative estimate of drug-likeness (QED) is 0.270. The molecule has 0 aromatic heterocycles. The zero-order valence-corrected chi connectivity index (χ0v) is 9.64. The van der Waals surface area contributed by atoms with Crippen LogP contribution in [0.5, 0.6) is 0 Å². The Morgan fingerprint density at radius 2 is 2.08 bits per heavy atom. The first-order valence-corrected chi connectivity index (χ1v) is 3.33. The van der Waals surface area contributed by atoms with Gasteiger partial charge in [0.25, 0.3) is 0 Å². The van der Waals surface area contributed by atoms with Crippen LogP contribution in [0.3, 0.4) is 0 Å². The molecule has 0 saturated heterocycles. The monoisotopic (exact) mass is 186 g/mol.